The van der Waals surface area contributed by atoms with Crippen molar-refractivity contribution in [3.8, 4) is 85.0 Å². The summed E-state index contributed by atoms with van der Waals surface area (Å²) in [5.41, 5.74) is 17.9. The molecule has 2 aliphatic rings. The fourth-order valence-corrected chi connectivity index (χ4v) is 11.1. The second-order valence-electron chi connectivity index (χ2n) is 16.9. The van der Waals surface area contributed by atoms with Gasteiger partial charge in [-0.3, -0.25) is 0 Å². The van der Waals surface area contributed by atoms with Crippen molar-refractivity contribution < 1.29 is 0 Å². The van der Waals surface area contributed by atoms with E-state index in [-0.39, 0.29) is 0 Å². The predicted molar refractivity (Wildman–Crippen MR) is 253 cm³/mol. The molecule has 0 saturated heterocycles. The molecule has 0 saturated carbocycles. The molecule has 2 aliphatic carbocycles. The van der Waals surface area contributed by atoms with Gasteiger partial charge < -0.3 is 0 Å². The van der Waals surface area contributed by atoms with Gasteiger partial charge in [-0.1, -0.05) is 78.9 Å². The SMILES string of the molecule is [C-]#[N+]c1c(-c2cc3c4cc5c(cc4c(-c4cc(C)c(C#N)c(C)c4C#N)cc3c3cc4c(cc23)-c2cccc3cccc-4c23)-c2cccc3cccc-5c23)cc(C)c(C#N)c1C. The van der Waals surface area contributed by atoms with E-state index in [1.54, 1.807) is 0 Å². The lowest BCUT2D eigenvalue weighted by atomic mass is 9.82. The van der Waals surface area contributed by atoms with Crippen LogP contribution in [0.3, 0.4) is 0 Å². The largest absolute Gasteiger partial charge is 0.237 e. The molecule has 12 rings (SSSR count). The van der Waals surface area contributed by atoms with Gasteiger partial charge in [0.2, 0.25) is 0 Å². The Kier molecular flexibility index (Phi) is 7.13. The third kappa shape index (κ3) is 4.46. The fourth-order valence-electron chi connectivity index (χ4n) is 11.1. The van der Waals surface area contributed by atoms with Crippen LogP contribution in [-0.2, 0) is 0 Å². The standard InChI is InChI=1S/C58H32N4/c1-29-18-39(55(28-61)31(3)53(29)26-59)44-24-48-47-22-42-37-16-8-12-34-13-9-17-38(57(34)37)43(42)23-50(47)51(52-19-30(2)54(27-60)32(4)58(52)62-5)25-49(48)46-21-41-36-15-7-11-33-10-6-14-35(56(33)36)40(41)20-45(44)46/h6-25H,1-4H3. The first-order chi connectivity index (χ1) is 30.2. The second kappa shape index (κ2) is 12.5. The molecule has 0 amide bonds. The number of hydrogen-bond acceptors (Lipinski definition) is 3. The first-order valence-electron chi connectivity index (χ1n) is 20.7. The zero-order valence-electron chi connectivity index (χ0n) is 34.3. The van der Waals surface area contributed by atoms with Gasteiger partial charge in [-0.15, -0.1) is 0 Å². The van der Waals surface area contributed by atoms with Crippen LogP contribution in [0.15, 0.2) is 121 Å². The topological polar surface area (TPSA) is 75.7 Å². The first-order valence-corrected chi connectivity index (χ1v) is 20.7. The molecular weight excluding hydrogens is 753 g/mol. The van der Waals surface area contributed by atoms with Crippen LogP contribution in [0.4, 0.5) is 5.69 Å². The van der Waals surface area contributed by atoms with Gasteiger partial charge in [-0.05, 0) is 207 Å². The molecule has 0 spiro atoms. The molecule has 10 aromatic carbocycles. The van der Waals surface area contributed by atoms with Crippen LogP contribution in [0.5, 0.6) is 0 Å². The first kappa shape index (κ1) is 35.4. The van der Waals surface area contributed by atoms with Crippen molar-refractivity contribution in [3.63, 3.8) is 0 Å². The Morgan fingerprint density at radius 1 is 0.371 bits per heavy atom. The van der Waals surface area contributed by atoms with Crippen molar-refractivity contribution in [1.29, 1.82) is 15.8 Å². The van der Waals surface area contributed by atoms with Gasteiger partial charge in [0, 0.05) is 11.1 Å². The van der Waals surface area contributed by atoms with Gasteiger partial charge in [0.25, 0.3) is 0 Å². The molecule has 0 aliphatic heterocycles. The maximum Gasteiger partial charge on any atom is 0.199 e. The van der Waals surface area contributed by atoms with Gasteiger partial charge in [0.1, 0.15) is 6.07 Å². The van der Waals surface area contributed by atoms with Crippen LogP contribution in [0.1, 0.15) is 38.9 Å². The molecule has 0 aromatic heterocycles. The van der Waals surface area contributed by atoms with Crippen molar-refractivity contribution in [2.45, 2.75) is 27.7 Å². The van der Waals surface area contributed by atoms with E-state index in [2.05, 4.69) is 132 Å². The highest BCUT2D eigenvalue weighted by atomic mass is 14.7. The Labute approximate surface area is 358 Å². The Morgan fingerprint density at radius 2 is 0.726 bits per heavy atom. The van der Waals surface area contributed by atoms with Gasteiger partial charge in [0.15, 0.2) is 5.69 Å². The van der Waals surface area contributed by atoms with E-state index in [1.165, 1.54) is 43.8 Å². The highest BCUT2D eigenvalue weighted by Crippen LogP contribution is 2.55. The van der Waals surface area contributed by atoms with Gasteiger partial charge in [0.05, 0.1) is 29.8 Å². The quantitative estimate of drug-likeness (QED) is 0.129. The van der Waals surface area contributed by atoms with Crippen molar-refractivity contribution in [2.75, 3.05) is 0 Å². The van der Waals surface area contributed by atoms with Gasteiger partial charge >= 0.3 is 0 Å². The van der Waals surface area contributed by atoms with E-state index in [0.29, 0.717) is 33.5 Å². The molecule has 62 heavy (non-hydrogen) atoms. The molecule has 10 aromatic rings. The third-order valence-electron chi connectivity index (χ3n) is 13.9. The normalized spacial score (nSPS) is 11.8. The lowest BCUT2D eigenvalue weighted by molar-refractivity contribution is 1.30. The summed E-state index contributed by atoms with van der Waals surface area (Å²) in [6.07, 6.45) is 0. The second-order valence-corrected chi connectivity index (χ2v) is 16.9. The molecule has 0 atom stereocenters. The van der Waals surface area contributed by atoms with E-state index >= 15 is 0 Å². The zero-order chi connectivity index (χ0) is 42.3. The Balaban J connectivity index is 1.32. The van der Waals surface area contributed by atoms with Gasteiger partial charge in [-0.2, -0.15) is 15.8 Å². The number of benzene rings is 10. The van der Waals surface area contributed by atoms with Crippen molar-refractivity contribution in [1.82, 2.24) is 0 Å². The molecule has 4 nitrogen and oxygen atoms in total. The molecule has 4 heteroatoms. The van der Waals surface area contributed by atoms with Crippen molar-refractivity contribution in [2.24, 2.45) is 0 Å². The maximum atomic E-state index is 10.9. The summed E-state index contributed by atoms with van der Waals surface area (Å²) in [6.45, 7) is 16.2. The van der Waals surface area contributed by atoms with E-state index < -0.39 is 0 Å². The molecular formula is C58H32N4. The molecule has 0 bridgehead atoms. The van der Waals surface area contributed by atoms with Crippen LogP contribution in [0, 0.1) is 68.3 Å². The van der Waals surface area contributed by atoms with Crippen LogP contribution in [0.2, 0.25) is 0 Å². The Hall–Kier alpha value is -8.54. The molecule has 0 fully saturated rings. The minimum atomic E-state index is 0.477. The van der Waals surface area contributed by atoms with Crippen LogP contribution in [-0.4, -0.2) is 0 Å². The minimum Gasteiger partial charge on any atom is -0.237 e. The number of nitrogens with zero attached hydrogens (tertiary/aromatic N) is 4. The van der Waals surface area contributed by atoms with Gasteiger partial charge in [-0.25, -0.2) is 4.85 Å². The predicted octanol–water partition coefficient (Wildman–Crippen LogP) is 15.5. The van der Waals surface area contributed by atoms with Crippen molar-refractivity contribution in [3.05, 3.63) is 172 Å². The number of hydrogen-bond donors (Lipinski definition) is 0. The highest BCUT2D eigenvalue weighted by molar-refractivity contribution is 6.29. The molecule has 0 unspecified atom stereocenters. The highest BCUT2D eigenvalue weighted by Gasteiger charge is 2.28. The van der Waals surface area contributed by atoms with Crippen LogP contribution >= 0.6 is 0 Å². The zero-order valence-corrected chi connectivity index (χ0v) is 34.3. The summed E-state index contributed by atoms with van der Waals surface area (Å²) in [7, 11) is 0. The third-order valence-corrected chi connectivity index (χ3v) is 13.9. The summed E-state index contributed by atoms with van der Waals surface area (Å²) >= 11 is 0. The summed E-state index contributed by atoms with van der Waals surface area (Å²) in [5, 5.41) is 42.2. The van der Waals surface area contributed by atoms with E-state index in [4.69, 9.17) is 6.57 Å². The lowest BCUT2D eigenvalue weighted by Crippen LogP contribution is -1.98. The number of fused-ring (bicyclic) bond motifs is 11. The Morgan fingerprint density at radius 3 is 1.15 bits per heavy atom. The van der Waals surface area contributed by atoms with E-state index in [1.807, 2.05) is 39.8 Å². The maximum absolute atomic E-state index is 10.9. The summed E-state index contributed by atoms with van der Waals surface area (Å²) in [6, 6.07) is 51.1. The number of nitriles is 3. The molecule has 0 heterocycles. The fraction of sp³-hybridized carbons (Fsp3) is 0.0690. The summed E-state index contributed by atoms with van der Waals surface area (Å²) in [5.74, 6) is 0. The van der Waals surface area contributed by atoms with Crippen molar-refractivity contribution >= 4 is 59.5 Å². The molecule has 284 valence electrons. The average Bonchev–Trinajstić information content (AvgIpc) is 3.78. The summed E-state index contributed by atoms with van der Waals surface area (Å²) < 4.78 is 0. The molecule has 0 radical (unpaired) electrons. The van der Waals surface area contributed by atoms with Crippen LogP contribution < -0.4 is 0 Å². The van der Waals surface area contributed by atoms with Crippen LogP contribution in [0.25, 0.3) is 125 Å². The lowest BCUT2D eigenvalue weighted by Gasteiger charge is -2.21. The molecule has 0 N–H and O–H groups in total. The van der Waals surface area contributed by atoms with E-state index in [9.17, 15) is 15.8 Å². The Bertz CT molecular complexity index is 3730. The number of aryl methyl sites for hydroxylation is 2. The smallest absolute Gasteiger partial charge is 0.199 e. The van der Waals surface area contributed by atoms with E-state index in [0.717, 1.165) is 88.0 Å². The average molecular weight is 785 g/mol. The minimum absolute atomic E-state index is 0.477. The monoisotopic (exact) mass is 784 g/mol. The number of rotatable bonds is 2. The summed E-state index contributed by atoms with van der Waals surface area (Å²) in [4.78, 5) is 4.12.